The summed E-state index contributed by atoms with van der Waals surface area (Å²) in [6, 6.07) is 25.8. The maximum atomic E-state index is 13.2. The van der Waals surface area contributed by atoms with Crippen LogP contribution in [0.15, 0.2) is 96.7 Å². The van der Waals surface area contributed by atoms with Crippen molar-refractivity contribution in [2.45, 2.75) is 6.04 Å². The second kappa shape index (κ2) is 8.06. The van der Waals surface area contributed by atoms with Crippen molar-refractivity contribution in [1.29, 1.82) is 5.26 Å². The molecule has 1 aliphatic rings. The van der Waals surface area contributed by atoms with Crippen molar-refractivity contribution in [2.75, 3.05) is 4.90 Å². The molecule has 0 saturated carbocycles. The highest BCUT2D eigenvalue weighted by Crippen LogP contribution is 2.41. The molecular weight excluding hydrogens is 414 g/mol. The number of fused-ring (bicyclic) bond motifs is 1. The topological polar surface area (TPSA) is 94.3 Å². The summed E-state index contributed by atoms with van der Waals surface area (Å²) in [6.45, 7) is 0. The molecule has 0 radical (unpaired) electrons. The molecule has 1 unspecified atom stereocenters. The summed E-state index contributed by atoms with van der Waals surface area (Å²) in [4.78, 5) is 32.0. The Labute approximate surface area is 189 Å². The van der Waals surface area contributed by atoms with Gasteiger partial charge in [0.1, 0.15) is 11.8 Å². The molecule has 1 atom stereocenters. The van der Waals surface area contributed by atoms with Crippen LogP contribution >= 0.6 is 0 Å². The van der Waals surface area contributed by atoms with Gasteiger partial charge in [0.05, 0.1) is 22.9 Å². The molecule has 6 heteroatoms. The minimum Gasteiger partial charge on any atom is -0.507 e. The van der Waals surface area contributed by atoms with Gasteiger partial charge in [-0.05, 0) is 53.2 Å². The van der Waals surface area contributed by atoms with E-state index in [1.165, 1.54) is 4.90 Å². The fourth-order valence-corrected chi connectivity index (χ4v) is 4.11. The molecule has 0 bridgehead atoms. The number of pyridine rings is 1. The van der Waals surface area contributed by atoms with Gasteiger partial charge in [0, 0.05) is 17.4 Å². The predicted octanol–water partition coefficient (Wildman–Crippen LogP) is 4.73. The van der Waals surface area contributed by atoms with Crippen LogP contribution in [0.25, 0.3) is 16.5 Å². The SMILES string of the molecule is N#Cc1ccc(N2C(=O)C(=O)/C(=C(\O)c3ccc4ccccc4c3)C2c2ccccn2)cc1. The van der Waals surface area contributed by atoms with Gasteiger partial charge in [-0.15, -0.1) is 0 Å². The highest BCUT2D eigenvalue weighted by atomic mass is 16.3. The molecule has 158 valence electrons. The number of hydrogen-bond donors (Lipinski definition) is 1. The van der Waals surface area contributed by atoms with E-state index in [0.717, 1.165) is 10.8 Å². The first-order chi connectivity index (χ1) is 16.1. The summed E-state index contributed by atoms with van der Waals surface area (Å²) in [6.07, 6.45) is 1.57. The summed E-state index contributed by atoms with van der Waals surface area (Å²) in [5, 5.41) is 22.2. The van der Waals surface area contributed by atoms with Crippen LogP contribution in [0.5, 0.6) is 0 Å². The number of aliphatic hydroxyl groups is 1. The van der Waals surface area contributed by atoms with Crippen LogP contribution in [-0.4, -0.2) is 21.8 Å². The molecular formula is C27H17N3O3. The van der Waals surface area contributed by atoms with Gasteiger partial charge in [-0.2, -0.15) is 5.26 Å². The Hall–Kier alpha value is -4.76. The van der Waals surface area contributed by atoms with Crippen LogP contribution in [0, 0.1) is 11.3 Å². The highest BCUT2D eigenvalue weighted by Gasteiger charge is 2.47. The van der Waals surface area contributed by atoms with Crippen molar-refractivity contribution >= 4 is 33.9 Å². The van der Waals surface area contributed by atoms with Crippen LogP contribution in [-0.2, 0) is 9.59 Å². The summed E-state index contributed by atoms with van der Waals surface area (Å²) in [5.74, 6) is -1.82. The Bertz CT molecular complexity index is 1470. The van der Waals surface area contributed by atoms with E-state index in [1.807, 2.05) is 36.4 Å². The molecule has 1 aliphatic heterocycles. The molecule has 1 aromatic heterocycles. The van der Waals surface area contributed by atoms with Crippen molar-refractivity contribution in [3.05, 3.63) is 114 Å². The minimum absolute atomic E-state index is 0.0293. The molecule has 0 aliphatic carbocycles. The fraction of sp³-hybridized carbons (Fsp3) is 0.0370. The lowest BCUT2D eigenvalue weighted by Crippen LogP contribution is -2.29. The van der Waals surface area contributed by atoms with E-state index < -0.39 is 17.7 Å². The number of hydrogen-bond acceptors (Lipinski definition) is 5. The van der Waals surface area contributed by atoms with E-state index in [4.69, 9.17) is 5.26 Å². The Kier molecular flexibility index (Phi) is 4.92. The van der Waals surface area contributed by atoms with Crippen LogP contribution in [0.1, 0.15) is 22.9 Å². The third kappa shape index (κ3) is 3.42. The number of aromatic nitrogens is 1. The number of carbonyl (C=O) groups excluding carboxylic acids is 2. The van der Waals surface area contributed by atoms with Crippen molar-refractivity contribution in [1.82, 2.24) is 4.98 Å². The average Bonchev–Trinajstić information content (AvgIpc) is 3.14. The van der Waals surface area contributed by atoms with Crippen LogP contribution in [0.2, 0.25) is 0 Å². The van der Waals surface area contributed by atoms with Gasteiger partial charge >= 0.3 is 0 Å². The molecule has 6 nitrogen and oxygen atoms in total. The molecule has 1 amide bonds. The second-order valence-corrected chi connectivity index (χ2v) is 7.64. The monoisotopic (exact) mass is 431 g/mol. The van der Waals surface area contributed by atoms with E-state index in [2.05, 4.69) is 4.98 Å². The number of Topliss-reactive ketones (excluding diaryl/α,β-unsaturated/α-hetero) is 1. The number of nitriles is 1. The zero-order chi connectivity index (χ0) is 22.9. The molecule has 1 N–H and O–H groups in total. The van der Waals surface area contributed by atoms with Gasteiger partial charge in [-0.3, -0.25) is 19.5 Å². The zero-order valence-electron chi connectivity index (χ0n) is 17.3. The van der Waals surface area contributed by atoms with E-state index in [1.54, 1.807) is 60.8 Å². The van der Waals surface area contributed by atoms with Gasteiger partial charge in [0.25, 0.3) is 11.7 Å². The number of ketones is 1. The first kappa shape index (κ1) is 20.2. The molecule has 33 heavy (non-hydrogen) atoms. The summed E-state index contributed by atoms with van der Waals surface area (Å²) in [7, 11) is 0. The third-order valence-electron chi connectivity index (χ3n) is 5.71. The Morgan fingerprint density at radius 3 is 2.33 bits per heavy atom. The quantitative estimate of drug-likeness (QED) is 0.287. The smallest absolute Gasteiger partial charge is 0.300 e. The molecule has 3 aromatic carbocycles. The molecule has 0 spiro atoms. The molecule has 4 aromatic rings. The largest absolute Gasteiger partial charge is 0.507 e. The molecule has 5 rings (SSSR count). The van der Waals surface area contributed by atoms with Crippen LogP contribution in [0.4, 0.5) is 5.69 Å². The summed E-state index contributed by atoms with van der Waals surface area (Å²) in [5.41, 5.74) is 1.72. The first-order valence-electron chi connectivity index (χ1n) is 10.3. The number of rotatable bonds is 3. The Morgan fingerprint density at radius 1 is 0.909 bits per heavy atom. The van der Waals surface area contributed by atoms with Crippen molar-refractivity contribution in [3.63, 3.8) is 0 Å². The number of benzene rings is 3. The fourth-order valence-electron chi connectivity index (χ4n) is 4.11. The average molecular weight is 431 g/mol. The standard InChI is InChI=1S/C27H17N3O3/c28-16-17-8-12-21(13-9-17)30-24(22-7-3-4-14-29-22)23(26(32)27(30)33)25(31)20-11-10-18-5-1-2-6-19(18)15-20/h1-15,24,31H/b25-23-. The van der Waals surface area contributed by atoms with Gasteiger partial charge in [-0.25, -0.2) is 0 Å². The lowest BCUT2D eigenvalue weighted by Gasteiger charge is -2.24. The maximum absolute atomic E-state index is 13.2. The van der Waals surface area contributed by atoms with Gasteiger partial charge < -0.3 is 5.11 Å². The molecule has 1 fully saturated rings. The lowest BCUT2D eigenvalue weighted by molar-refractivity contribution is -0.132. The third-order valence-corrected chi connectivity index (χ3v) is 5.71. The summed E-state index contributed by atoms with van der Waals surface area (Å²) < 4.78 is 0. The van der Waals surface area contributed by atoms with E-state index >= 15 is 0 Å². The Balaban J connectivity index is 1.71. The van der Waals surface area contributed by atoms with Crippen molar-refractivity contribution < 1.29 is 14.7 Å². The second-order valence-electron chi connectivity index (χ2n) is 7.64. The molecule has 2 heterocycles. The van der Waals surface area contributed by atoms with E-state index in [0.29, 0.717) is 22.5 Å². The van der Waals surface area contributed by atoms with E-state index in [-0.39, 0.29) is 11.3 Å². The van der Waals surface area contributed by atoms with Crippen molar-refractivity contribution in [3.8, 4) is 6.07 Å². The van der Waals surface area contributed by atoms with Gasteiger partial charge in [0.2, 0.25) is 0 Å². The predicted molar refractivity (Wildman–Crippen MR) is 124 cm³/mol. The number of carbonyl (C=O) groups is 2. The summed E-state index contributed by atoms with van der Waals surface area (Å²) >= 11 is 0. The Morgan fingerprint density at radius 2 is 1.64 bits per heavy atom. The van der Waals surface area contributed by atoms with Crippen molar-refractivity contribution in [2.24, 2.45) is 0 Å². The number of aliphatic hydroxyl groups excluding tert-OH is 1. The number of nitrogens with zero attached hydrogens (tertiary/aromatic N) is 3. The van der Waals surface area contributed by atoms with E-state index in [9.17, 15) is 14.7 Å². The lowest BCUT2D eigenvalue weighted by atomic mass is 9.97. The minimum atomic E-state index is -0.911. The highest BCUT2D eigenvalue weighted by molar-refractivity contribution is 6.51. The number of amides is 1. The van der Waals surface area contributed by atoms with Gasteiger partial charge in [-0.1, -0.05) is 42.5 Å². The number of anilines is 1. The van der Waals surface area contributed by atoms with Crippen LogP contribution in [0.3, 0.4) is 0 Å². The normalized spacial score (nSPS) is 17.3. The van der Waals surface area contributed by atoms with Crippen LogP contribution < -0.4 is 4.90 Å². The maximum Gasteiger partial charge on any atom is 0.300 e. The zero-order valence-corrected chi connectivity index (χ0v) is 17.3. The molecule has 1 saturated heterocycles. The van der Waals surface area contributed by atoms with Gasteiger partial charge in [0.15, 0.2) is 0 Å². The first-order valence-corrected chi connectivity index (χ1v) is 10.3.